The van der Waals surface area contributed by atoms with Crippen LogP contribution in [0.4, 0.5) is 0 Å². The van der Waals surface area contributed by atoms with Crippen molar-refractivity contribution in [3.8, 4) is 0 Å². The van der Waals surface area contributed by atoms with Crippen molar-refractivity contribution >= 4 is 17.1 Å². The second kappa shape index (κ2) is 6.85. The zero-order chi connectivity index (χ0) is 19.1. The van der Waals surface area contributed by atoms with Crippen molar-refractivity contribution in [2.24, 2.45) is 5.92 Å². The molecule has 0 radical (unpaired) electrons. The predicted octanol–water partition coefficient (Wildman–Crippen LogP) is 1.68. The highest BCUT2D eigenvalue weighted by Crippen LogP contribution is 2.33. The summed E-state index contributed by atoms with van der Waals surface area (Å²) in [6.45, 7) is 1.92. The van der Waals surface area contributed by atoms with Crippen molar-refractivity contribution in [3.05, 3.63) is 52.1 Å². The summed E-state index contributed by atoms with van der Waals surface area (Å²) in [4.78, 5) is 34.5. The Morgan fingerprint density at radius 2 is 2.00 bits per heavy atom. The summed E-state index contributed by atoms with van der Waals surface area (Å²) >= 11 is 0. The SMILES string of the molecule is O=C(C1CC1)N1CCC[C@H](c2nc3c(nnn3Cc3ccccc3)c(=O)[nH]2)C1. The Labute approximate surface area is 161 Å². The Morgan fingerprint density at radius 3 is 2.79 bits per heavy atom. The number of benzene rings is 1. The molecule has 0 unspecified atom stereocenters. The van der Waals surface area contributed by atoms with Crippen LogP contribution in [-0.4, -0.2) is 48.9 Å². The van der Waals surface area contributed by atoms with Crippen LogP contribution < -0.4 is 5.56 Å². The lowest BCUT2D eigenvalue weighted by molar-refractivity contribution is -0.133. The quantitative estimate of drug-likeness (QED) is 0.745. The molecule has 2 aliphatic rings. The van der Waals surface area contributed by atoms with Crippen LogP contribution in [0, 0.1) is 5.92 Å². The van der Waals surface area contributed by atoms with E-state index in [2.05, 4.69) is 15.3 Å². The number of carbonyl (C=O) groups is 1. The van der Waals surface area contributed by atoms with Crippen molar-refractivity contribution in [2.45, 2.75) is 38.1 Å². The molecule has 1 saturated carbocycles. The highest BCUT2D eigenvalue weighted by atomic mass is 16.2. The second-order valence-electron chi connectivity index (χ2n) is 7.75. The first kappa shape index (κ1) is 17.1. The number of H-pyrrole nitrogens is 1. The normalized spacial score (nSPS) is 19.9. The van der Waals surface area contributed by atoms with Gasteiger partial charge >= 0.3 is 0 Å². The molecule has 3 aromatic rings. The van der Waals surface area contributed by atoms with E-state index in [1.165, 1.54) is 0 Å². The van der Waals surface area contributed by atoms with Gasteiger partial charge in [0.2, 0.25) is 5.91 Å². The van der Waals surface area contributed by atoms with Crippen LogP contribution in [0.5, 0.6) is 0 Å². The average Bonchev–Trinajstić information content (AvgIpc) is 3.50. The monoisotopic (exact) mass is 378 g/mol. The molecule has 28 heavy (non-hydrogen) atoms. The number of hydrogen-bond donors (Lipinski definition) is 1. The van der Waals surface area contributed by atoms with Crippen molar-refractivity contribution in [1.29, 1.82) is 0 Å². The largest absolute Gasteiger partial charge is 0.342 e. The number of piperidine rings is 1. The van der Waals surface area contributed by atoms with Crippen LogP contribution in [0.2, 0.25) is 0 Å². The van der Waals surface area contributed by atoms with Gasteiger partial charge in [0.25, 0.3) is 5.56 Å². The number of aromatic amines is 1. The first-order valence-electron chi connectivity index (χ1n) is 9.85. The van der Waals surface area contributed by atoms with E-state index in [0.717, 1.165) is 37.8 Å². The van der Waals surface area contributed by atoms with E-state index in [-0.39, 0.29) is 28.8 Å². The summed E-state index contributed by atoms with van der Waals surface area (Å²) in [5, 5.41) is 8.15. The summed E-state index contributed by atoms with van der Waals surface area (Å²) in [7, 11) is 0. The predicted molar refractivity (Wildman–Crippen MR) is 103 cm³/mol. The Morgan fingerprint density at radius 1 is 1.18 bits per heavy atom. The number of nitrogens with one attached hydrogen (secondary N) is 1. The summed E-state index contributed by atoms with van der Waals surface area (Å²) in [6, 6.07) is 9.90. The summed E-state index contributed by atoms with van der Waals surface area (Å²) in [5.74, 6) is 1.13. The molecule has 1 aliphatic heterocycles. The van der Waals surface area contributed by atoms with Gasteiger partial charge in [-0.15, -0.1) is 5.10 Å². The maximum absolute atomic E-state index is 12.5. The van der Waals surface area contributed by atoms with E-state index >= 15 is 0 Å². The maximum Gasteiger partial charge on any atom is 0.281 e. The number of amides is 1. The standard InChI is InChI=1S/C20H22N6O2/c27-19-16-18(26(24-23-16)11-13-5-2-1-3-6-13)21-17(22-19)15-7-4-10-25(12-15)20(28)14-8-9-14/h1-3,5-6,14-15H,4,7-12H2,(H,21,22,27)/t15-/m0/s1. The lowest BCUT2D eigenvalue weighted by Crippen LogP contribution is -2.40. The Bertz CT molecular complexity index is 1070. The van der Waals surface area contributed by atoms with E-state index in [1.807, 2.05) is 35.2 Å². The number of likely N-dealkylation sites (tertiary alicyclic amines) is 1. The van der Waals surface area contributed by atoms with Gasteiger partial charge in [0.1, 0.15) is 5.82 Å². The fourth-order valence-corrected chi connectivity index (χ4v) is 3.93. The third-order valence-corrected chi connectivity index (χ3v) is 5.61. The highest BCUT2D eigenvalue weighted by Gasteiger charge is 2.36. The number of rotatable bonds is 4. The van der Waals surface area contributed by atoms with Crippen LogP contribution in [0.3, 0.4) is 0 Å². The smallest absolute Gasteiger partial charge is 0.281 e. The third-order valence-electron chi connectivity index (χ3n) is 5.61. The molecule has 1 amide bonds. The van der Waals surface area contributed by atoms with Gasteiger partial charge in [0, 0.05) is 24.9 Å². The lowest BCUT2D eigenvalue weighted by atomic mass is 9.96. The molecular weight excluding hydrogens is 356 g/mol. The van der Waals surface area contributed by atoms with Gasteiger partial charge < -0.3 is 9.88 Å². The van der Waals surface area contributed by atoms with E-state index in [4.69, 9.17) is 4.98 Å². The number of fused-ring (bicyclic) bond motifs is 1. The van der Waals surface area contributed by atoms with E-state index < -0.39 is 0 Å². The molecular formula is C20H22N6O2. The molecule has 3 heterocycles. The molecule has 1 aromatic carbocycles. The first-order chi connectivity index (χ1) is 13.7. The molecule has 2 fully saturated rings. The zero-order valence-corrected chi connectivity index (χ0v) is 15.5. The van der Waals surface area contributed by atoms with Gasteiger partial charge in [-0.1, -0.05) is 35.5 Å². The van der Waals surface area contributed by atoms with Crippen molar-refractivity contribution in [1.82, 2.24) is 29.9 Å². The molecule has 0 spiro atoms. The Hall–Kier alpha value is -3.03. The van der Waals surface area contributed by atoms with Crippen LogP contribution in [0.25, 0.3) is 11.2 Å². The van der Waals surface area contributed by atoms with Gasteiger partial charge in [-0.2, -0.15) is 0 Å². The van der Waals surface area contributed by atoms with E-state index in [0.29, 0.717) is 24.6 Å². The topological polar surface area (TPSA) is 96.8 Å². The minimum absolute atomic E-state index is 0.0358. The molecule has 8 nitrogen and oxygen atoms in total. The summed E-state index contributed by atoms with van der Waals surface area (Å²) in [6.07, 6.45) is 3.84. The Kier molecular flexibility index (Phi) is 4.18. The molecule has 1 aliphatic carbocycles. The molecule has 1 atom stereocenters. The molecule has 1 saturated heterocycles. The molecule has 2 aromatic heterocycles. The average molecular weight is 378 g/mol. The van der Waals surface area contributed by atoms with Gasteiger partial charge in [0.05, 0.1) is 6.54 Å². The second-order valence-corrected chi connectivity index (χ2v) is 7.75. The Balaban J connectivity index is 1.45. The summed E-state index contributed by atoms with van der Waals surface area (Å²) in [5.41, 5.74) is 1.54. The van der Waals surface area contributed by atoms with Crippen LogP contribution in [0.15, 0.2) is 35.1 Å². The molecule has 144 valence electrons. The summed E-state index contributed by atoms with van der Waals surface area (Å²) < 4.78 is 1.67. The highest BCUT2D eigenvalue weighted by molar-refractivity contribution is 5.81. The van der Waals surface area contributed by atoms with E-state index in [1.54, 1.807) is 4.68 Å². The number of hydrogen-bond acceptors (Lipinski definition) is 5. The minimum Gasteiger partial charge on any atom is -0.342 e. The van der Waals surface area contributed by atoms with Gasteiger partial charge in [-0.05, 0) is 31.2 Å². The van der Waals surface area contributed by atoms with E-state index in [9.17, 15) is 9.59 Å². The van der Waals surface area contributed by atoms with Crippen LogP contribution in [0.1, 0.15) is 43.0 Å². The fourth-order valence-electron chi connectivity index (χ4n) is 3.93. The van der Waals surface area contributed by atoms with Crippen molar-refractivity contribution in [2.75, 3.05) is 13.1 Å². The fraction of sp³-hybridized carbons (Fsp3) is 0.450. The van der Waals surface area contributed by atoms with Gasteiger partial charge in [0.15, 0.2) is 11.2 Å². The first-order valence-corrected chi connectivity index (χ1v) is 9.85. The van der Waals surface area contributed by atoms with Gasteiger partial charge in [-0.3, -0.25) is 9.59 Å². The minimum atomic E-state index is -0.273. The van der Waals surface area contributed by atoms with Crippen LogP contribution in [-0.2, 0) is 11.3 Å². The van der Waals surface area contributed by atoms with Crippen molar-refractivity contribution in [3.63, 3.8) is 0 Å². The maximum atomic E-state index is 12.5. The number of aromatic nitrogens is 5. The van der Waals surface area contributed by atoms with Crippen molar-refractivity contribution < 1.29 is 4.79 Å². The zero-order valence-electron chi connectivity index (χ0n) is 15.5. The third kappa shape index (κ3) is 3.19. The van der Waals surface area contributed by atoms with Crippen LogP contribution >= 0.6 is 0 Å². The molecule has 1 N–H and O–H groups in total. The molecule has 5 rings (SSSR count). The molecule has 0 bridgehead atoms. The lowest BCUT2D eigenvalue weighted by Gasteiger charge is -2.32. The number of nitrogens with zero attached hydrogens (tertiary/aromatic N) is 5. The van der Waals surface area contributed by atoms with Gasteiger partial charge in [-0.25, -0.2) is 9.67 Å². The number of carbonyl (C=O) groups excluding carboxylic acids is 1. The molecule has 8 heteroatoms.